The zero-order chi connectivity index (χ0) is 20.1. The fraction of sp³-hybridized carbons (Fsp3) is 0.611. The Hall–Kier alpha value is -1.35. The Morgan fingerprint density at radius 3 is 2.30 bits per heavy atom. The van der Waals surface area contributed by atoms with Crippen LogP contribution in [-0.2, 0) is 14.8 Å². The molecule has 1 aliphatic heterocycles. The van der Waals surface area contributed by atoms with Crippen LogP contribution in [0.15, 0.2) is 29.2 Å². The van der Waals surface area contributed by atoms with Crippen LogP contribution < -0.4 is 10.1 Å². The molecule has 2 rings (SSSR count). The molecule has 0 atom stereocenters. The van der Waals surface area contributed by atoms with Crippen LogP contribution in [0, 0.1) is 5.41 Å². The van der Waals surface area contributed by atoms with Gasteiger partial charge >= 0.3 is 0 Å². The van der Waals surface area contributed by atoms with Crippen molar-refractivity contribution >= 4 is 27.5 Å². The number of methoxy groups -OCH3 is 1. The van der Waals surface area contributed by atoms with Gasteiger partial charge in [-0.2, -0.15) is 4.31 Å². The van der Waals surface area contributed by atoms with Crippen molar-refractivity contribution in [1.29, 1.82) is 0 Å². The monoisotopic (exact) mass is 417 g/mol. The highest BCUT2D eigenvalue weighted by atomic mass is 35.5. The van der Waals surface area contributed by atoms with E-state index >= 15 is 0 Å². The summed E-state index contributed by atoms with van der Waals surface area (Å²) < 4.78 is 32.0. The molecule has 1 aromatic rings. The Balaban J connectivity index is 1.83. The smallest absolute Gasteiger partial charge is 0.243 e. The first-order valence-corrected chi connectivity index (χ1v) is 10.9. The van der Waals surface area contributed by atoms with Crippen LogP contribution in [0.3, 0.4) is 0 Å². The van der Waals surface area contributed by atoms with Gasteiger partial charge in [-0.3, -0.25) is 9.69 Å². The Labute approximate surface area is 166 Å². The van der Waals surface area contributed by atoms with Crippen LogP contribution in [0.4, 0.5) is 0 Å². The lowest BCUT2D eigenvalue weighted by Crippen LogP contribution is -2.50. The van der Waals surface area contributed by atoms with E-state index in [0.29, 0.717) is 45.0 Å². The van der Waals surface area contributed by atoms with E-state index in [-0.39, 0.29) is 16.7 Å². The Bertz CT molecular complexity index is 729. The molecule has 0 saturated carbocycles. The normalized spacial score (nSPS) is 16.9. The summed E-state index contributed by atoms with van der Waals surface area (Å²) in [5.41, 5.74) is -0.591. The van der Waals surface area contributed by atoms with E-state index in [9.17, 15) is 13.2 Å². The van der Waals surface area contributed by atoms with Gasteiger partial charge in [-0.1, -0.05) is 0 Å². The number of piperazine rings is 1. The molecular weight excluding hydrogens is 390 g/mol. The van der Waals surface area contributed by atoms with Crippen molar-refractivity contribution in [3.05, 3.63) is 24.3 Å². The fourth-order valence-corrected chi connectivity index (χ4v) is 4.26. The average molecular weight is 418 g/mol. The maximum atomic E-state index is 12.7. The standard InChI is InChI=1S/C18H28ClN3O4S/c1-18(2,14-19)17(23)20-8-9-21-10-12-22(13-11-21)27(24,25)16-6-4-15(26-3)5-7-16/h4-7H,8-14H2,1-3H3,(H,20,23). The first-order chi connectivity index (χ1) is 12.7. The van der Waals surface area contributed by atoms with Crippen LogP contribution in [-0.4, -0.2) is 75.8 Å². The number of carbonyl (C=O) groups is 1. The Morgan fingerprint density at radius 1 is 1.19 bits per heavy atom. The van der Waals surface area contributed by atoms with Crippen molar-refractivity contribution in [3.63, 3.8) is 0 Å². The van der Waals surface area contributed by atoms with Crippen molar-refractivity contribution < 1.29 is 17.9 Å². The minimum absolute atomic E-state index is 0.0711. The quantitative estimate of drug-likeness (QED) is 0.646. The molecule has 1 aliphatic rings. The van der Waals surface area contributed by atoms with Gasteiger partial charge in [0, 0.05) is 45.1 Å². The van der Waals surface area contributed by atoms with Crippen molar-refractivity contribution in [3.8, 4) is 5.75 Å². The van der Waals surface area contributed by atoms with Gasteiger partial charge in [-0.25, -0.2) is 8.42 Å². The third-order valence-electron chi connectivity index (χ3n) is 4.69. The lowest BCUT2D eigenvalue weighted by atomic mass is 9.95. The molecule has 27 heavy (non-hydrogen) atoms. The summed E-state index contributed by atoms with van der Waals surface area (Å²) in [4.78, 5) is 14.4. The number of sulfonamides is 1. The predicted octanol–water partition coefficient (Wildman–Crippen LogP) is 1.38. The number of amides is 1. The summed E-state index contributed by atoms with van der Waals surface area (Å²) in [5, 5.41) is 2.89. The number of rotatable bonds is 8. The summed E-state index contributed by atoms with van der Waals surface area (Å²) in [7, 11) is -1.96. The van der Waals surface area contributed by atoms with Crippen LogP contribution in [0.25, 0.3) is 0 Å². The van der Waals surface area contributed by atoms with Crippen LogP contribution in [0.5, 0.6) is 5.75 Å². The predicted molar refractivity (Wildman–Crippen MR) is 106 cm³/mol. The summed E-state index contributed by atoms with van der Waals surface area (Å²) >= 11 is 5.80. The molecule has 1 heterocycles. The molecule has 1 amide bonds. The average Bonchev–Trinajstić information content (AvgIpc) is 2.68. The molecule has 0 radical (unpaired) electrons. The van der Waals surface area contributed by atoms with E-state index in [2.05, 4.69) is 10.2 Å². The first-order valence-electron chi connectivity index (χ1n) is 8.91. The van der Waals surface area contributed by atoms with Crippen molar-refractivity contribution in [1.82, 2.24) is 14.5 Å². The van der Waals surface area contributed by atoms with E-state index < -0.39 is 15.4 Å². The lowest BCUT2D eigenvalue weighted by molar-refractivity contribution is -0.128. The number of ether oxygens (including phenoxy) is 1. The molecule has 1 fully saturated rings. The molecule has 1 aromatic carbocycles. The van der Waals surface area contributed by atoms with Gasteiger partial charge in [0.25, 0.3) is 0 Å². The number of nitrogens with one attached hydrogen (secondary N) is 1. The van der Waals surface area contributed by atoms with Gasteiger partial charge in [0.1, 0.15) is 5.75 Å². The number of carbonyl (C=O) groups excluding carboxylic acids is 1. The number of nitrogens with zero attached hydrogens (tertiary/aromatic N) is 2. The Morgan fingerprint density at radius 2 is 1.78 bits per heavy atom. The molecule has 1 N–H and O–H groups in total. The Kier molecular flexibility index (Phi) is 7.50. The van der Waals surface area contributed by atoms with Gasteiger partial charge in [0.15, 0.2) is 0 Å². The molecular formula is C18H28ClN3O4S. The number of halogens is 1. The van der Waals surface area contributed by atoms with Gasteiger partial charge in [0.05, 0.1) is 17.4 Å². The van der Waals surface area contributed by atoms with Crippen molar-refractivity contribution in [2.45, 2.75) is 18.7 Å². The van der Waals surface area contributed by atoms with Crippen LogP contribution in [0.1, 0.15) is 13.8 Å². The highest BCUT2D eigenvalue weighted by molar-refractivity contribution is 7.89. The second kappa shape index (κ2) is 9.23. The highest BCUT2D eigenvalue weighted by Gasteiger charge is 2.29. The number of alkyl halides is 1. The minimum atomic E-state index is -3.50. The zero-order valence-corrected chi connectivity index (χ0v) is 17.6. The molecule has 9 heteroatoms. The third kappa shape index (κ3) is 5.57. The maximum absolute atomic E-state index is 12.7. The largest absolute Gasteiger partial charge is 0.497 e. The summed E-state index contributed by atoms with van der Waals surface area (Å²) in [6.07, 6.45) is 0. The van der Waals surface area contributed by atoms with Crippen LogP contribution in [0.2, 0.25) is 0 Å². The van der Waals surface area contributed by atoms with E-state index in [1.54, 1.807) is 45.2 Å². The summed E-state index contributed by atoms with van der Waals surface area (Å²) in [5.74, 6) is 0.817. The van der Waals surface area contributed by atoms with Crippen molar-refractivity contribution in [2.24, 2.45) is 5.41 Å². The maximum Gasteiger partial charge on any atom is 0.243 e. The highest BCUT2D eigenvalue weighted by Crippen LogP contribution is 2.20. The second-order valence-corrected chi connectivity index (χ2v) is 9.40. The molecule has 0 unspecified atom stereocenters. The minimum Gasteiger partial charge on any atom is -0.497 e. The van der Waals surface area contributed by atoms with E-state index in [4.69, 9.17) is 16.3 Å². The lowest BCUT2D eigenvalue weighted by Gasteiger charge is -2.34. The molecule has 0 aromatic heterocycles. The summed E-state index contributed by atoms with van der Waals surface area (Å²) in [6, 6.07) is 6.42. The second-order valence-electron chi connectivity index (χ2n) is 7.19. The van der Waals surface area contributed by atoms with E-state index in [1.165, 1.54) is 4.31 Å². The van der Waals surface area contributed by atoms with Gasteiger partial charge in [-0.15, -0.1) is 11.6 Å². The SMILES string of the molecule is COc1ccc(S(=O)(=O)N2CCN(CCNC(=O)C(C)(C)CCl)CC2)cc1. The molecule has 152 valence electrons. The molecule has 1 saturated heterocycles. The van der Waals surface area contributed by atoms with E-state index in [1.807, 2.05) is 0 Å². The molecule has 0 aliphatic carbocycles. The van der Waals surface area contributed by atoms with Gasteiger partial charge in [0.2, 0.25) is 15.9 Å². The summed E-state index contributed by atoms with van der Waals surface area (Å²) in [6.45, 7) is 6.92. The number of hydrogen-bond donors (Lipinski definition) is 1. The van der Waals surface area contributed by atoms with E-state index in [0.717, 1.165) is 0 Å². The number of hydrogen-bond acceptors (Lipinski definition) is 5. The fourth-order valence-electron chi connectivity index (χ4n) is 2.72. The van der Waals surface area contributed by atoms with Gasteiger partial charge in [-0.05, 0) is 38.1 Å². The van der Waals surface area contributed by atoms with Crippen LogP contribution >= 0.6 is 11.6 Å². The molecule has 7 nitrogen and oxygen atoms in total. The zero-order valence-electron chi connectivity index (χ0n) is 16.1. The topological polar surface area (TPSA) is 79.0 Å². The number of benzene rings is 1. The first kappa shape index (κ1) is 21.9. The van der Waals surface area contributed by atoms with Crippen molar-refractivity contribution in [2.75, 3.05) is 52.3 Å². The molecule has 0 spiro atoms. The van der Waals surface area contributed by atoms with Gasteiger partial charge < -0.3 is 10.1 Å². The molecule has 0 bridgehead atoms. The third-order valence-corrected chi connectivity index (χ3v) is 7.27.